The van der Waals surface area contributed by atoms with Crippen LogP contribution in [-0.4, -0.2) is 31.1 Å². The van der Waals surface area contributed by atoms with Crippen LogP contribution in [-0.2, 0) is 10.1 Å². The molecule has 0 saturated heterocycles. The number of carbonyl (C=O) groups excluding carboxylic acids is 1. The third-order valence-corrected chi connectivity index (χ3v) is 3.50. The van der Waals surface area contributed by atoms with Crippen molar-refractivity contribution in [1.29, 1.82) is 0 Å². The lowest BCUT2D eigenvalue weighted by atomic mass is 10.1. The van der Waals surface area contributed by atoms with E-state index in [0.29, 0.717) is 11.1 Å². The SMILES string of the molecule is CS(=O)(=O)O.Cc1cc(C)c2cc(C(=O)N=C(N)N)sc2c1. The summed E-state index contributed by atoms with van der Waals surface area (Å²) in [5.41, 5.74) is 12.7. The van der Waals surface area contributed by atoms with Crippen LogP contribution in [0, 0.1) is 13.8 Å². The van der Waals surface area contributed by atoms with E-state index < -0.39 is 10.1 Å². The van der Waals surface area contributed by atoms with Crippen LogP contribution in [0.4, 0.5) is 0 Å². The van der Waals surface area contributed by atoms with Crippen molar-refractivity contribution in [2.75, 3.05) is 6.26 Å². The van der Waals surface area contributed by atoms with E-state index in [4.69, 9.17) is 16.0 Å². The number of hydrogen-bond acceptors (Lipinski definition) is 4. The van der Waals surface area contributed by atoms with Gasteiger partial charge in [0.2, 0.25) is 0 Å². The number of amides is 1. The van der Waals surface area contributed by atoms with Gasteiger partial charge in [0.1, 0.15) is 0 Å². The highest BCUT2D eigenvalue weighted by molar-refractivity contribution is 7.85. The van der Waals surface area contributed by atoms with Gasteiger partial charge < -0.3 is 11.5 Å². The first-order valence-electron chi connectivity index (χ1n) is 6.04. The van der Waals surface area contributed by atoms with Crippen molar-refractivity contribution < 1.29 is 17.8 Å². The maximum Gasteiger partial charge on any atom is 0.290 e. The fourth-order valence-electron chi connectivity index (χ4n) is 1.77. The summed E-state index contributed by atoms with van der Waals surface area (Å²) in [5.74, 6) is -0.594. The molecule has 9 heteroatoms. The quantitative estimate of drug-likeness (QED) is 0.407. The number of guanidine groups is 1. The number of nitrogens with two attached hydrogens (primary N) is 2. The molecule has 1 amide bonds. The normalized spacial score (nSPS) is 10.7. The molecule has 0 fully saturated rings. The summed E-state index contributed by atoms with van der Waals surface area (Å²) in [5, 5.41) is 1.08. The minimum absolute atomic E-state index is 0.208. The van der Waals surface area contributed by atoms with E-state index in [1.165, 1.54) is 16.9 Å². The molecular weight excluding hydrogens is 326 g/mol. The Balaban J connectivity index is 0.000000422. The van der Waals surface area contributed by atoms with Gasteiger partial charge in [-0.15, -0.1) is 11.3 Å². The number of carbonyl (C=O) groups is 1. The van der Waals surface area contributed by atoms with E-state index in [0.717, 1.165) is 15.6 Å². The standard InChI is InChI=1S/C12H13N3OS.CH4O3S/c1-6-3-7(2)8-5-10(17-9(8)4-6)11(16)15-12(13)14;1-5(2,3)4/h3-5H,1-2H3,(H4,13,14,15,16);1H3,(H,2,3,4). The fraction of sp³-hybridized carbons (Fsp3) is 0.231. The van der Waals surface area contributed by atoms with Gasteiger partial charge in [-0.1, -0.05) is 6.07 Å². The molecule has 0 bridgehead atoms. The lowest BCUT2D eigenvalue weighted by molar-refractivity contribution is 0.101. The fourth-order valence-corrected chi connectivity index (χ4v) is 2.89. The Morgan fingerprint density at radius 3 is 2.27 bits per heavy atom. The first-order valence-corrected chi connectivity index (χ1v) is 8.71. The van der Waals surface area contributed by atoms with Crippen LogP contribution in [0.5, 0.6) is 0 Å². The highest BCUT2D eigenvalue weighted by atomic mass is 32.2. The Kier molecular flexibility index (Phi) is 5.64. The van der Waals surface area contributed by atoms with Gasteiger partial charge >= 0.3 is 0 Å². The van der Waals surface area contributed by atoms with Crippen LogP contribution >= 0.6 is 11.3 Å². The van der Waals surface area contributed by atoms with Crippen molar-refractivity contribution >= 4 is 43.4 Å². The average molecular weight is 343 g/mol. The Labute approximate surface area is 132 Å². The van der Waals surface area contributed by atoms with Gasteiger partial charge in [-0.05, 0) is 42.5 Å². The summed E-state index contributed by atoms with van der Waals surface area (Å²) in [6.45, 7) is 4.06. The number of rotatable bonds is 1. The Morgan fingerprint density at radius 2 is 1.77 bits per heavy atom. The van der Waals surface area contributed by atoms with Crippen molar-refractivity contribution in [2.45, 2.75) is 13.8 Å². The van der Waals surface area contributed by atoms with Gasteiger partial charge in [-0.25, -0.2) is 0 Å². The Morgan fingerprint density at radius 1 is 1.23 bits per heavy atom. The molecular formula is C13H17N3O4S2. The molecule has 5 N–H and O–H groups in total. The van der Waals surface area contributed by atoms with Gasteiger partial charge in [-0.2, -0.15) is 13.4 Å². The summed E-state index contributed by atoms with van der Waals surface area (Å²) in [6, 6.07) is 5.98. The lowest BCUT2D eigenvalue weighted by Crippen LogP contribution is -2.24. The molecule has 7 nitrogen and oxygen atoms in total. The minimum Gasteiger partial charge on any atom is -0.370 e. The molecule has 0 spiro atoms. The summed E-state index contributed by atoms with van der Waals surface area (Å²) in [7, 11) is -3.67. The Hall–Kier alpha value is -1.97. The molecule has 0 radical (unpaired) electrons. The molecule has 1 aromatic carbocycles. The molecule has 1 aromatic heterocycles. The number of benzene rings is 1. The van der Waals surface area contributed by atoms with E-state index in [2.05, 4.69) is 17.1 Å². The van der Waals surface area contributed by atoms with Gasteiger partial charge in [0.05, 0.1) is 11.1 Å². The van der Waals surface area contributed by atoms with Gasteiger partial charge in [-0.3, -0.25) is 9.35 Å². The molecule has 0 aliphatic rings. The van der Waals surface area contributed by atoms with E-state index in [1.54, 1.807) is 0 Å². The van der Waals surface area contributed by atoms with Crippen LogP contribution < -0.4 is 11.5 Å². The molecule has 2 aromatic rings. The first kappa shape index (κ1) is 18.1. The lowest BCUT2D eigenvalue weighted by Gasteiger charge is -1.97. The number of thiophene rings is 1. The van der Waals surface area contributed by atoms with Crippen molar-refractivity contribution in [2.24, 2.45) is 16.5 Å². The third-order valence-electron chi connectivity index (χ3n) is 2.43. The zero-order valence-corrected chi connectivity index (χ0v) is 14.0. The molecule has 0 saturated carbocycles. The zero-order valence-electron chi connectivity index (χ0n) is 12.3. The number of nitrogens with zero attached hydrogens (tertiary/aromatic N) is 1. The summed E-state index contributed by atoms with van der Waals surface area (Å²) in [6.07, 6.45) is 0.715. The second-order valence-corrected chi connectivity index (χ2v) is 7.23. The topological polar surface area (TPSA) is 136 Å². The largest absolute Gasteiger partial charge is 0.370 e. The van der Waals surface area contributed by atoms with Crippen LogP contribution in [0.25, 0.3) is 10.1 Å². The molecule has 2 rings (SSSR count). The highest BCUT2D eigenvalue weighted by Gasteiger charge is 2.11. The molecule has 0 aliphatic carbocycles. The van der Waals surface area contributed by atoms with Crippen LogP contribution in [0.1, 0.15) is 20.8 Å². The van der Waals surface area contributed by atoms with E-state index >= 15 is 0 Å². The monoisotopic (exact) mass is 343 g/mol. The predicted molar refractivity (Wildman–Crippen MR) is 88.9 cm³/mol. The average Bonchev–Trinajstić information content (AvgIpc) is 2.69. The van der Waals surface area contributed by atoms with E-state index in [1.807, 2.05) is 19.9 Å². The number of hydrogen-bond donors (Lipinski definition) is 3. The maximum absolute atomic E-state index is 11.7. The molecule has 0 unspecified atom stereocenters. The van der Waals surface area contributed by atoms with Crippen LogP contribution in [0.2, 0.25) is 0 Å². The molecule has 0 aliphatic heterocycles. The number of fused-ring (bicyclic) bond motifs is 1. The second kappa shape index (κ2) is 6.86. The van der Waals surface area contributed by atoms with E-state index in [-0.39, 0.29) is 11.9 Å². The van der Waals surface area contributed by atoms with Crippen LogP contribution in [0.3, 0.4) is 0 Å². The zero-order chi connectivity index (χ0) is 17.1. The first-order chi connectivity index (χ1) is 9.97. The van der Waals surface area contributed by atoms with Crippen molar-refractivity contribution in [3.05, 3.63) is 34.2 Å². The summed E-state index contributed by atoms with van der Waals surface area (Å²) < 4.78 is 26.9. The highest BCUT2D eigenvalue weighted by Crippen LogP contribution is 2.29. The maximum atomic E-state index is 11.7. The third kappa shape index (κ3) is 5.80. The van der Waals surface area contributed by atoms with Crippen molar-refractivity contribution in [1.82, 2.24) is 0 Å². The van der Waals surface area contributed by atoms with Crippen molar-refractivity contribution in [3.8, 4) is 0 Å². The molecule has 1 heterocycles. The van der Waals surface area contributed by atoms with Crippen LogP contribution in [0.15, 0.2) is 23.2 Å². The predicted octanol–water partition coefficient (Wildman–Crippen LogP) is 1.44. The Bertz CT molecular complexity index is 826. The molecule has 0 atom stereocenters. The van der Waals surface area contributed by atoms with Gasteiger partial charge in [0.15, 0.2) is 5.96 Å². The smallest absolute Gasteiger partial charge is 0.290 e. The van der Waals surface area contributed by atoms with E-state index in [9.17, 15) is 13.2 Å². The van der Waals surface area contributed by atoms with Gasteiger partial charge in [0.25, 0.3) is 16.0 Å². The summed E-state index contributed by atoms with van der Waals surface area (Å²) in [4.78, 5) is 15.8. The molecule has 22 heavy (non-hydrogen) atoms. The number of aliphatic imine (C=N–C) groups is 1. The number of aryl methyl sites for hydroxylation is 2. The minimum atomic E-state index is -3.67. The summed E-state index contributed by atoms with van der Waals surface area (Å²) >= 11 is 1.41. The van der Waals surface area contributed by atoms with Gasteiger partial charge in [0, 0.05) is 4.70 Å². The molecule has 120 valence electrons. The van der Waals surface area contributed by atoms with Crippen molar-refractivity contribution in [3.63, 3.8) is 0 Å². The second-order valence-electron chi connectivity index (χ2n) is 4.68.